The highest BCUT2D eigenvalue weighted by atomic mass is 19.4. The molecule has 1 heterocycles. The predicted molar refractivity (Wildman–Crippen MR) is 35.6 cm³/mol. The standard InChI is InChI=1S/C6F14N2/c7-1(8,9)2(10,11)21-3(12,13)4(14,15)22(5(16,17)18)6(21,19)20. The van der Waals surface area contributed by atoms with Crippen LogP contribution >= 0.6 is 0 Å². The number of nitrogens with zero attached hydrogens (tertiary/aromatic N) is 2. The lowest BCUT2D eigenvalue weighted by molar-refractivity contribution is -0.442. The van der Waals surface area contributed by atoms with Gasteiger partial charge in [-0.15, -0.1) is 0 Å². The van der Waals surface area contributed by atoms with Gasteiger partial charge in [0.1, 0.15) is 0 Å². The molecule has 1 aliphatic heterocycles. The van der Waals surface area contributed by atoms with E-state index in [4.69, 9.17) is 0 Å². The zero-order valence-corrected chi connectivity index (χ0v) is 9.19. The SMILES string of the molecule is FC(F)(F)N1C(F)(F)N(C(F)(F)C(F)(F)F)C(F)(F)C1(F)F. The summed E-state index contributed by atoms with van der Waals surface area (Å²) >= 11 is 0. The monoisotopic (exact) mass is 366 g/mol. The van der Waals surface area contributed by atoms with Gasteiger partial charge in [-0.25, -0.2) is 0 Å². The molecule has 0 aliphatic carbocycles. The van der Waals surface area contributed by atoms with Crippen LogP contribution < -0.4 is 0 Å². The third-order valence-corrected chi connectivity index (χ3v) is 2.34. The van der Waals surface area contributed by atoms with Crippen LogP contribution in [-0.4, -0.2) is 46.6 Å². The van der Waals surface area contributed by atoms with Gasteiger partial charge in [-0.1, -0.05) is 9.80 Å². The van der Waals surface area contributed by atoms with Crippen LogP contribution in [0.5, 0.6) is 0 Å². The molecule has 22 heavy (non-hydrogen) atoms. The molecule has 1 fully saturated rings. The van der Waals surface area contributed by atoms with Crippen LogP contribution in [0.25, 0.3) is 0 Å². The quantitative estimate of drug-likeness (QED) is 0.511. The Hall–Kier alpha value is -1.06. The first kappa shape index (κ1) is 19.0. The molecule has 0 amide bonds. The Kier molecular flexibility index (Phi) is 3.68. The zero-order valence-electron chi connectivity index (χ0n) is 9.19. The van der Waals surface area contributed by atoms with E-state index in [1.54, 1.807) is 0 Å². The maximum absolute atomic E-state index is 13.0. The molecule has 0 aromatic rings. The molecule has 0 saturated carbocycles. The average molecular weight is 366 g/mol. The molecule has 0 radical (unpaired) electrons. The molecule has 0 aromatic carbocycles. The van der Waals surface area contributed by atoms with Crippen molar-refractivity contribution in [3.8, 4) is 0 Å². The summed E-state index contributed by atoms with van der Waals surface area (Å²) in [4.78, 5) is -7.49. The lowest BCUT2D eigenvalue weighted by Crippen LogP contribution is -2.64. The van der Waals surface area contributed by atoms with Crippen molar-refractivity contribution in [3.63, 3.8) is 0 Å². The maximum Gasteiger partial charge on any atom is 0.470 e. The molecule has 132 valence electrons. The Balaban J connectivity index is 3.68. The summed E-state index contributed by atoms with van der Waals surface area (Å²) < 4.78 is 174. The second kappa shape index (κ2) is 4.27. The number of rotatable bonds is 1. The molecule has 2 nitrogen and oxygen atoms in total. The minimum atomic E-state index is -7.40. The third kappa shape index (κ3) is 2.17. The summed E-state index contributed by atoms with van der Waals surface area (Å²) in [5, 5.41) is 0. The van der Waals surface area contributed by atoms with Crippen LogP contribution in [-0.2, 0) is 0 Å². The van der Waals surface area contributed by atoms with Gasteiger partial charge in [0, 0.05) is 0 Å². The fourth-order valence-corrected chi connectivity index (χ4v) is 1.49. The topological polar surface area (TPSA) is 6.48 Å². The average Bonchev–Trinajstić information content (AvgIpc) is 2.19. The van der Waals surface area contributed by atoms with E-state index < -0.39 is 46.6 Å². The first-order chi connectivity index (χ1) is 9.23. The van der Waals surface area contributed by atoms with Crippen LogP contribution in [0.15, 0.2) is 0 Å². The van der Waals surface area contributed by atoms with E-state index in [2.05, 4.69) is 0 Å². The number of hydrogen-bond acceptors (Lipinski definition) is 2. The van der Waals surface area contributed by atoms with Gasteiger partial charge >= 0.3 is 36.8 Å². The highest BCUT2D eigenvalue weighted by molar-refractivity contribution is 5.03. The van der Waals surface area contributed by atoms with Gasteiger partial charge in [0.15, 0.2) is 0 Å². The normalized spacial score (nSPS) is 26.5. The van der Waals surface area contributed by atoms with E-state index in [0.717, 1.165) is 0 Å². The molecular weight excluding hydrogens is 366 g/mol. The Morgan fingerprint density at radius 3 is 1.09 bits per heavy atom. The van der Waals surface area contributed by atoms with Crippen molar-refractivity contribution < 1.29 is 61.5 Å². The number of alkyl halides is 14. The molecule has 1 aliphatic rings. The third-order valence-electron chi connectivity index (χ3n) is 2.34. The minimum absolute atomic E-state index is 3.67. The van der Waals surface area contributed by atoms with E-state index in [0.29, 0.717) is 0 Å². The van der Waals surface area contributed by atoms with Crippen molar-refractivity contribution in [2.24, 2.45) is 0 Å². The van der Waals surface area contributed by atoms with Crippen molar-refractivity contribution in [2.45, 2.75) is 36.8 Å². The zero-order chi connectivity index (χ0) is 18.2. The summed E-state index contributed by atoms with van der Waals surface area (Å²) in [6.45, 7) is 0. The first-order valence-corrected chi connectivity index (χ1v) is 4.49. The maximum atomic E-state index is 13.0. The van der Waals surface area contributed by atoms with Crippen LogP contribution in [0.1, 0.15) is 0 Å². The largest absolute Gasteiger partial charge is 0.470 e. The van der Waals surface area contributed by atoms with Crippen LogP contribution in [0.3, 0.4) is 0 Å². The molecule has 16 heteroatoms. The molecular formula is C6F14N2. The fraction of sp³-hybridized carbons (Fsp3) is 1.00. The Bertz CT molecular complexity index is 443. The Morgan fingerprint density at radius 2 is 0.864 bits per heavy atom. The number of hydrogen-bond donors (Lipinski definition) is 0. The molecule has 1 rings (SSSR count). The second-order valence-electron chi connectivity index (χ2n) is 3.77. The summed E-state index contributed by atoms with van der Waals surface area (Å²) in [7, 11) is 0. The lowest BCUT2D eigenvalue weighted by Gasteiger charge is -2.35. The van der Waals surface area contributed by atoms with E-state index >= 15 is 0 Å². The molecule has 1 saturated heterocycles. The summed E-state index contributed by atoms with van der Waals surface area (Å²) in [5.74, 6) is 0. The van der Waals surface area contributed by atoms with Crippen LogP contribution in [0.4, 0.5) is 61.5 Å². The van der Waals surface area contributed by atoms with Gasteiger partial charge in [0.05, 0.1) is 0 Å². The molecule has 0 bridgehead atoms. The highest BCUT2D eigenvalue weighted by Crippen LogP contribution is 2.62. The van der Waals surface area contributed by atoms with Crippen molar-refractivity contribution in [2.75, 3.05) is 0 Å². The first-order valence-electron chi connectivity index (χ1n) is 4.49. The van der Waals surface area contributed by atoms with Gasteiger partial charge in [0.25, 0.3) is 0 Å². The van der Waals surface area contributed by atoms with Crippen LogP contribution in [0, 0.1) is 0 Å². The molecule has 0 N–H and O–H groups in total. The minimum Gasteiger partial charge on any atom is -0.179 e. The van der Waals surface area contributed by atoms with Crippen molar-refractivity contribution in [3.05, 3.63) is 0 Å². The van der Waals surface area contributed by atoms with Crippen molar-refractivity contribution in [1.29, 1.82) is 0 Å². The van der Waals surface area contributed by atoms with Gasteiger partial charge < -0.3 is 0 Å². The van der Waals surface area contributed by atoms with E-state index in [1.807, 2.05) is 0 Å². The second-order valence-corrected chi connectivity index (χ2v) is 3.77. The molecule has 0 spiro atoms. The van der Waals surface area contributed by atoms with Gasteiger partial charge in [-0.2, -0.15) is 61.5 Å². The van der Waals surface area contributed by atoms with Crippen LogP contribution in [0.2, 0.25) is 0 Å². The van der Waals surface area contributed by atoms with E-state index in [1.165, 1.54) is 0 Å². The summed E-state index contributed by atoms with van der Waals surface area (Å²) in [6.07, 6.45) is -21.5. The fourth-order valence-electron chi connectivity index (χ4n) is 1.49. The van der Waals surface area contributed by atoms with E-state index in [-0.39, 0.29) is 0 Å². The van der Waals surface area contributed by atoms with Gasteiger partial charge in [-0.3, -0.25) is 0 Å². The van der Waals surface area contributed by atoms with Crippen molar-refractivity contribution in [1.82, 2.24) is 9.80 Å². The molecule has 0 unspecified atom stereocenters. The molecule has 0 atom stereocenters. The van der Waals surface area contributed by atoms with Gasteiger partial charge in [-0.05, 0) is 0 Å². The lowest BCUT2D eigenvalue weighted by atomic mass is 10.4. The smallest absolute Gasteiger partial charge is 0.179 e. The van der Waals surface area contributed by atoms with E-state index in [9.17, 15) is 61.5 Å². The van der Waals surface area contributed by atoms with Crippen molar-refractivity contribution >= 4 is 0 Å². The summed E-state index contributed by atoms with van der Waals surface area (Å²) in [6, 6.07) is -21.7. The molecule has 0 aromatic heterocycles. The Labute approximate surface area is 109 Å². The Morgan fingerprint density at radius 1 is 0.545 bits per heavy atom. The highest BCUT2D eigenvalue weighted by Gasteiger charge is 2.92. The summed E-state index contributed by atoms with van der Waals surface area (Å²) in [5.41, 5.74) is 0. The predicted octanol–water partition coefficient (Wildman–Crippen LogP) is 4.01. The van der Waals surface area contributed by atoms with Gasteiger partial charge in [0.2, 0.25) is 0 Å². The number of halogens is 14.